The molecule has 1 aromatic heterocycles. The number of halogens is 1. The molecule has 2 rings (SSSR count). The van der Waals surface area contributed by atoms with E-state index in [2.05, 4.69) is 4.98 Å². The molecule has 0 aliphatic heterocycles. The van der Waals surface area contributed by atoms with Crippen molar-refractivity contribution in [1.29, 1.82) is 0 Å². The van der Waals surface area contributed by atoms with E-state index in [0.717, 1.165) is 0 Å². The fourth-order valence-electron chi connectivity index (χ4n) is 1.19. The van der Waals surface area contributed by atoms with Gasteiger partial charge in [-0.2, -0.15) is 0 Å². The zero-order chi connectivity index (χ0) is 9.26. The zero-order valence-electron chi connectivity index (χ0n) is 7.12. The maximum atomic E-state index is 13.5. The Bertz CT molecular complexity index is 409. The number of aryl methyl sites for hydroxylation is 1. The number of aromatic nitrogens is 1. The Morgan fingerprint density at radius 1 is 1.38 bits per heavy atom. The third-order valence-corrected chi connectivity index (χ3v) is 1.89. The van der Waals surface area contributed by atoms with Gasteiger partial charge in [0.25, 0.3) is 0 Å². The highest BCUT2D eigenvalue weighted by atomic mass is 19.1. The van der Waals surface area contributed by atoms with Crippen molar-refractivity contribution in [3.05, 3.63) is 42.2 Å². The minimum absolute atomic E-state index is 0.251. The van der Waals surface area contributed by atoms with Crippen molar-refractivity contribution >= 4 is 0 Å². The number of hydrogen-bond donors (Lipinski definition) is 0. The summed E-state index contributed by atoms with van der Waals surface area (Å²) in [6, 6.07) is 5.17. The van der Waals surface area contributed by atoms with Gasteiger partial charge in [-0.25, -0.2) is 9.37 Å². The van der Waals surface area contributed by atoms with E-state index >= 15 is 0 Å². The quantitative estimate of drug-likeness (QED) is 0.669. The summed E-state index contributed by atoms with van der Waals surface area (Å²) in [6.07, 6.45) is 2.79. The van der Waals surface area contributed by atoms with Crippen LogP contribution in [0, 0.1) is 12.7 Å². The lowest BCUT2D eigenvalue weighted by atomic mass is 10.1. The van der Waals surface area contributed by atoms with Gasteiger partial charge in [0.1, 0.15) is 5.82 Å². The summed E-state index contributed by atoms with van der Waals surface area (Å²) in [6.45, 7) is 1.72. The minimum Gasteiger partial charge on any atom is -0.443 e. The third kappa shape index (κ3) is 1.33. The molecule has 1 aromatic carbocycles. The fourth-order valence-corrected chi connectivity index (χ4v) is 1.19. The molecule has 0 aliphatic rings. The first-order chi connectivity index (χ1) is 6.29. The molecule has 0 saturated carbocycles. The Labute approximate surface area is 75.0 Å². The van der Waals surface area contributed by atoms with Gasteiger partial charge in [0.05, 0.1) is 11.8 Å². The van der Waals surface area contributed by atoms with Crippen LogP contribution in [0.15, 0.2) is 35.2 Å². The zero-order valence-corrected chi connectivity index (χ0v) is 7.12. The van der Waals surface area contributed by atoms with Gasteiger partial charge in [-0.05, 0) is 18.6 Å². The molecule has 2 aromatic rings. The van der Waals surface area contributed by atoms with E-state index in [4.69, 9.17) is 4.42 Å². The molecule has 0 saturated heterocycles. The Balaban J connectivity index is 2.59. The van der Waals surface area contributed by atoms with Gasteiger partial charge in [0.15, 0.2) is 12.2 Å². The average molecular weight is 177 g/mol. The monoisotopic (exact) mass is 177 g/mol. The molecule has 0 unspecified atom stereocenters. The summed E-state index contributed by atoms with van der Waals surface area (Å²) in [4.78, 5) is 3.74. The highest BCUT2D eigenvalue weighted by molar-refractivity contribution is 5.58. The Morgan fingerprint density at radius 3 is 2.92 bits per heavy atom. The number of benzene rings is 1. The number of oxazole rings is 1. The highest BCUT2D eigenvalue weighted by Crippen LogP contribution is 2.23. The molecular weight excluding hydrogens is 169 g/mol. The maximum Gasteiger partial charge on any atom is 0.181 e. The molecule has 0 aliphatic carbocycles. The van der Waals surface area contributed by atoms with Crippen molar-refractivity contribution in [1.82, 2.24) is 4.98 Å². The fraction of sp³-hybridized carbons (Fsp3) is 0.100. The Kier molecular flexibility index (Phi) is 1.85. The largest absolute Gasteiger partial charge is 0.443 e. The van der Waals surface area contributed by atoms with Gasteiger partial charge >= 0.3 is 0 Å². The first-order valence-electron chi connectivity index (χ1n) is 3.93. The maximum absolute atomic E-state index is 13.5. The van der Waals surface area contributed by atoms with Crippen molar-refractivity contribution in [3.63, 3.8) is 0 Å². The highest BCUT2D eigenvalue weighted by Gasteiger charge is 2.08. The van der Waals surface area contributed by atoms with E-state index in [1.54, 1.807) is 25.1 Å². The van der Waals surface area contributed by atoms with Crippen LogP contribution >= 0.6 is 0 Å². The van der Waals surface area contributed by atoms with Crippen molar-refractivity contribution < 1.29 is 8.81 Å². The van der Waals surface area contributed by atoms with E-state index in [1.807, 2.05) is 0 Å². The molecule has 0 radical (unpaired) electrons. The molecule has 0 atom stereocenters. The van der Waals surface area contributed by atoms with Crippen LogP contribution in [0.1, 0.15) is 5.56 Å². The second-order valence-electron chi connectivity index (χ2n) is 2.80. The van der Waals surface area contributed by atoms with Gasteiger partial charge in [0, 0.05) is 0 Å². The molecule has 0 bridgehead atoms. The molecule has 3 heteroatoms. The van der Waals surface area contributed by atoms with Crippen LogP contribution in [0.4, 0.5) is 4.39 Å². The standard InChI is InChI=1S/C10H8FNO/c1-7-3-2-4-8(10(7)11)9-5-12-6-13-9/h2-6H,1H3. The van der Waals surface area contributed by atoms with E-state index in [0.29, 0.717) is 16.9 Å². The summed E-state index contributed by atoms with van der Waals surface area (Å²) >= 11 is 0. The summed E-state index contributed by atoms with van der Waals surface area (Å²) in [5.41, 5.74) is 1.06. The lowest BCUT2D eigenvalue weighted by Crippen LogP contribution is -1.85. The number of nitrogens with zero attached hydrogens (tertiary/aromatic N) is 1. The first-order valence-corrected chi connectivity index (χ1v) is 3.93. The predicted molar refractivity (Wildman–Crippen MR) is 46.6 cm³/mol. The average Bonchev–Trinajstić information content (AvgIpc) is 2.62. The molecule has 13 heavy (non-hydrogen) atoms. The summed E-state index contributed by atoms with van der Waals surface area (Å²) < 4.78 is 18.5. The third-order valence-electron chi connectivity index (χ3n) is 1.89. The Morgan fingerprint density at radius 2 is 2.23 bits per heavy atom. The minimum atomic E-state index is -0.251. The molecule has 66 valence electrons. The lowest BCUT2D eigenvalue weighted by Gasteiger charge is -2.00. The molecule has 1 heterocycles. The van der Waals surface area contributed by atoms with Crippen LogP contribution in [0.3, 0.4) is 0 Å². The van der Waals surface area contributed by atoms with Crippen molar-refractivity contribution in [2.45, 2.75) is 6.92 Å². The van der Waals surface area contributed by atoms with Gasteiger partial charge in [0.2, 0.25) is 0 Å². The van der Waals surface area contributed by atoms with Crippen LogP contribution in [0.25, 0.3) is 11.3 Å². The molecule has 0 amide bonds. The van der Waals surface area contributed by atoms with Crippen LogP contribution in [-0.4, -0.2) is 4.98 Å². The van der Waals surface area contributed by atoms with Gasteiger partial charge < -0.3 is 4.42 Å². The topological polar surface area (TPSA) is 26.0 Å². The smallest absolute Gasteiger partial charge is 0.181 e. The second-order valence-corrected chi connectivity index (χ2v) is 2.80. The van der Waals surface area contributed by atoms with Gasteiger partial charge in [-0.3, -0.25) is 0 Å². The SMILES string of the molecule is Cc1cccc(-c2cnco2)c1F. The first kappa shape index (κ1) is 7.98. The van der Waals surface area contributed by atoms with Crippen LogP contribution in [-0.2, 0) is 0 Å². The van der Waals surface area contributed by atoms with E-state index in [1.165, 1.54) is 12.6 Å². The van der Waals surface area contributed by atoms with E-state index in [9.17, 15) is 4.39 Å². The lowest BCUT2D eigenvalue weighted by molar-refractivity contribution is 0.560. The van der Waals surface area contributed by atoms with Crippen LogP contribution < -0.4 is 0 Å². The summed E-state index contributed by atoms with van der Waals surface area (Å²) in [5.74, 6) is 0.209. The van der Waals surface area contributed by atoms with Crippen molar-refractivity contribution in [2.24, 2.45) is 0 Å². The molecule has 2 nitrogen and oxygen atoms in total. The molecule has 0 N–H and O–H groups in total. The van der Waals surface area contributed by atoms with E-state index in [-0.39, 0.29) is 5.82 Å². The molecule has 0 fully saturated rings. The molecular formula is C10H8FNO. The number of hydrogen-bond acceptors (Lipinski definition) is 2. The normalized spacial score (nSPS) is 10.3. The molecule has 0 spiro atoms. The van der Waals surface area contributed by atoms with Gasteiger partial charge in [-0.1, -0.05) is 12.1 Å². The van der Waals surface area contributed by atoms with Gasteiger partial charge in [-0.15, -0.1) is 0 Å². The van der Waals surface area contributed by atoms with Crippen molar-refractivity contribution in [3.8, 4) is 11.3 Å². The number of rotatable bonds is 1. The van der Waals surface area contributed by atoms with E-state index < -0.39 is 0 Å². The summed E-state index contributed by atoms with van der Waals surface area (Å²) in [5, 5.41) is 0. The Hall–Kier alpha value is -1.64. The van der Waals surface area contributed by atoms with Crippen LogP contribution in [0.2, 0.25) is 0 Å². The predicted octanol–water partition coefficient (Wildman–Crippen LogP) is 2.79. The second kappa shape index (κ2) is 3.01. The van der Waals surface area contributed by atoms with Crippen LogP contribution in [0.5, 0.6) is 0 Å². The van der Waals surface area contributed by atoms with Crippen molar-refractivity contribution in [2.75, 3.05) is 0 Å². The summed E-state index contributed by atoms with van der Waals surface area (Å²) in [7, 11) is 0.